The summed E-state index contributed by atoms with van der Waals surface area (Å²) in [5.74, 6) is 0.856. The number of carbonyl (C=O) groups is 1. The highest BCUT2D eigenvalue weighted by Gasteiger charge is 2.20. The van der Waals surface area contributed by atoms with Crippen LogP contribution in [0.2, 0.25) is 0 Å². The summed E-state index contributed by atoms with van der Waals surface area (Å²) in [4.78, 5) is 12.0. The van der Waals surface area contributed by atoms with Crippen LogP contribution < -0.4 is 0 Å². The lowest BCUT2D eigenvalue weighted by molar-refractivity contribution is -0.130. The Morgan fingerprint density at radius 2 is 1.81 bits per heavy atom. The van der Waals surface area contributed by atoms with Gasteiger partial charge in [-0.05, 0) is 12.3 Å². The van der Waals surface area contributed by atoms with E-state index in [4.69, 9.17) is 4.74 Å². The van der Waals surface area contributed by atoms with Gasteiger partial charge in [0, 0.05) is 13.5 Å². The molecule has 0 aliphatic heterocycles. The monoisotopic (exact) mass is 228 g/mol. The number of methoxy groups -OCH3 is 1. The Bertz CT molecular complexity index is 178. The molecule has 0 rings (SSSR count). The zero-order chi connectivity index (χ0) is 12.4. The van der Waals surface area contributed by atoms with E-state index in [1.54, 1.807) is 7.11 Å². The first kappa shape index (κ1) is 15.6. The Balaban J connectivity index is 4.05. The first-order valence-electron chi connectivity index (χ1n) is 6.74. The van der Waals surface area contributed by atoms with Crippen molar-refractivity contribution in [3.63, 3.8) is 0 Å². The molecule has 0 saturated heterocycles. The van der Waals surface area contributed by atoms with Gasteiger partial charge in [-0.2, -0.15) is 0 Å². The molecule has 2 atom stereocenters. The number of hydrogen-bond donors (Lipinski definition) is 0. The summed E-state index contributed by atoms with van der Waals surface area (Å²) >= 11 is 0. The van der Waals surface area contributed by atoms with Crippen molar-refractivity contribution in [3.8, 4) is 0 Å². The quantitative estimate of drug-likeness (QED) is 0.565. The molecule has 16 heavy (non-hydrogen) atoms. The van der Waals surface area contributed by atoms with Crippen LogP contribution >= 0.6 is 0 Å². The predicted octanol–water partition coefficient (Wildman–Crippen LogP) is 3.98. The van der Waals surface area contributed by atoms with Crippen molar-refractivity contribution in [2.75, 3.05) is 7.11 Å². The summed E-state index contributed by atoms with van der Waals surface area (Å²) in [6.45, 7) is 6.46. The lowest BCUT2D eigenvalue weighted by atomic mass is 9.91. The second-order valence-corrected chi connectivity index (χ2v) is 4.60. The minimum absolute atomic E-state index is 0.166. The maximum atomic E-state index is 12.0. The summed E-state index contributed by atoms with van der Waals surface area (Å²) < 4.78 is 5.25. The fourth-order valence-electron chi connectivity index (χ4n) is 2.03. The number of rotatable bonds is 10. The van der Waals surface area contributed by atoms with E-state index < -0.39 is 0 Å². The van der Waals surface area contributed by atoms with E-state index in [0.717, 1.165) is 19.3 Å². The highest BCUT2D eigenvalue weighted by atomic mass is 16.5. The molecule has 2 nitrogen and oxygen atoms in total. The SMILES string of the molecule is CCCCC(CC)CC(=O)C(CCC)OC. The molecule has 0 spiro atoms. The molecule has 2 heteroatoms. The van der Waals surface area contributed by atoms with Crippen molar-refractivity contribution in [1.29, 1.82) is 0 Å². The zero-order valence-corrected chi connectivity index (χ0v) is 11.4. The van der Waals surface area contributed by atoms with Gasteiger partial charge in [0.05, 0.1) is 0 Å². The van der Waals surface area contributed by atoms with Crippen LogP contribution in [0.15, 0.2) is 0 Å². The molecule has 0 aromatic carbocycles. The van der Waals surface area contributed by atoms with Gasteiger partial charge in [0.15, 0.2) is 5.78 Å². The molecule has 96 valence electrons. The molecule has 0 amide bonds. The highest BCUT2D eigenvalue weighted by Crippen LogP contribution is 2.19. The minimum atomic E-state index is -0.166. The third-order valence-electron chi connectivity index (χ3n) is 3.23. The van der Waals surface area contributed by atoms with Gasteiger partial charge in [0.1, 0.15) is 6.10 Å². The number of Topliss-reactive ketones (excluding diaryl/α,β-unsaturated/α-hetero) is 1. The Kier molecular flexibility index (Phi) is 9.60. The normalized spacial score (nSPS) is 14.8. The average molecular weight is 228 g/mol. The maximum Gasteiger partial charge on any atom is 0.161 e. The summed E-state index contributed by atoms with van der Waals surface area (Å²) in [6.07, 6.45) is 7.14. The molecular formula is C14H28O2. The van der Waals surface area contributed by atoms with Gasteiger partial charge < -0.3 is 4.74 Å². The topological polar surface area (TPSA) is 26.3 Å². The zero-order valence-electron chi connectivity index (χ0n) is 11.4. The van der Waals surface area contributed by atoms with E-state index in [0.29, 0.717) is 18.1 Å². The third-order valence-corrected chi connectivity index (χ3v) is 3.23. The maximum absolute atomic E-state index is 12.0. The third kappa shape index (κ3) is 6.26. The van der Waals surface area contributed by atoms with Crippen molar-refractivity contribution >= 4 is 5.78 Å². The minimum Gasteiger partial charge on any atom is -0.374 e. The molecule has 0 aromatic heterocycles. The number of carbonyl (C=O) groups excluding carboxylic acids is 1. The van der Waals surface area contributed by atoms with Crippen molar-refractivity contribution in [3.05, 3.63) is 0 Å². The molecule has 0 saturated carbocycles. The molecule has 0 fully saturated rings. The van der Waals surface area contributed by atoms with E-state index >= 15 is 0 Å². The summed E-state index contributed by atoms with van der Waals surface area (Å²) in [5, 5.41) is 0. The van der Waals surface area contributed by atoms with Crippen LogP contribution in [0.5, 0.6) is 0 Å². The largest absolute Gasteiger partial charge is 0.374 e. The number of ether oxygens (including phenoxy) is 1. The smallest absolute Gasteiger partial charge is 0.161 e. The first-order chi connectivity index (χ1) is 7.69. The van der Waals surface area contributed by atoms with Gasteiger partial charge in [-0.1, -0.05) is 52.9 Å². The number of ketones is 1. The van der Waals surface area contributed by atoms with Gasteiger partial charge in [-0.3, -0.25) is 4.79 Å². The van der Waals surface area contributed by atoms with Crippen molar-refractivity contribution < 1.29 is 9.53 Å². The molecule has 0 N–H and O–H groups in total. The summed E-state index contributed by atoms with van der Waals surface area (Å²) in [7, 11) is 1.64. The van der Waals surface area contributed by atoms with Gasteiger partial charge in [0.25, 0.3) is 0 Å². The van der Waals surface area contributed by atoms with Crippen molar-refractivity contribution in [2.45, 2.75) is 71.8 Å². The fourth-order valence-corrected chi connectivity index (χ4v) is 2.03. The molecule has 0 aromatic rings. The average Bonchev–Trinajstić information content (AvgIpc) is 2.30. The molecule has 0 aliphatic carbocycles. The Morgan fingerprint density at radius 3 is 2.25 bits per heavy atom. The summed E-state index contributed by atoms with van der Waals surface area (Å²) in [5.41, 5.74) is 0. The fraction of sp³-hybridized carbons (Fsp3) is 0.929. The van der Waals surface area contributed by atoms with Gasteiger partial charge >= 0.3 is 0 Å². The van der Waals surface area contributed by atoms with Crippen molar-refractivity contribution in [1.82, 2.24) is 0 Å². The van der Waals surface area contributed by atoms with Crippen LogP contribution in [0.3, 0.4) is 0 Å². The Morgan fingerprint density at radius 1 is 1.12 bits per heavy atom. The van der Waals surface area contributed by atoms with Crippen LogP contribution in [0.4, 0.5) is 0 Å². The molecular weight excluding hydrogens is 200 g/mol. The Hall–Kier alpha value is -0.370. The van der Waals surface area contributed by atoms with Crippen LogP contribution in [0, 0.1) is 5.92 Å². The van der Waals surface area contributed by atoms with E-state index in [-0.39, 0.29) is 6.10 Å². The standard InChI is InChI=1S/C14H28O2/c1-5-8-10-12(7-3)11-13(15)14(16-4)9-6-2/h12,14H,5-11H2,1-4H3. The van der Waals surface area contributed by atoms with Gasteiger partial charge in [0.2, 0.25) is 0 Å². The van der Waals surface area contributed by atoms with Crippen LogP contribution in [-0.2, 0) is 9.53 Å². The predicted molar refractivity (Wildman–Crippen MR) is 68.6 cm³/mol. The van der Waals surface area contributed by atoms with E-state index in [9.17, 15) is 4.79 Å². The van der Waals surface area contributed by atoms with E-state index in [1.165, 1.54) is 19.3 Å². The van der Waals surface area contributed by atoms with Crippen LogP contribution in [-0.4, -0.2) is 19.0 Å². The highest BCUT2D eigenvalue weighted by molar-refractivity contribution is 5.83. The molecule has 0 heterocycles. The van der Waals surface area contributed by atoms with Crippen LogP contribution in [0.25, 0.3) is 0 Å². The molecule has 0 radical (unpaired) electrons. The lowest BCUT2D eigenvalue weighted by Crippen LogP contribution is -2.25. The second-order valence-electron chi connectivity index (χ2n) is 4.60. The Labute approximate surface area is 101 Å². The van der Waals surface area contributed by atoms with E-state index in [1.807, 2.05) is 0 Å². The van der Waals surface area contributed by atoms with Crippen molar-refractivity contribution in [2.24, 2.45) is 5.92 Å². The molecule has 0 bridgehead atoms. The first-order valence-corrected chi connectivity index (χ1v) is 6.74. The lowest BCUT2D eigenvalue weighted by Gasteiger charge is -2.18. The second kappa shape index (κ2) is 9.83. The molecule has 2 unspecified atom stereocenters. The number of hydrogen-bond acceptors (Lipinski definition) is 2. The van der Waals surface area contributed by atoms with Gasteiger partial charge in [-0.25, -0.2) is 0 Å². The van der Waals surface area contributed by atoms with Gasteiger partial charge in [-0.15, -0.1) is 0 Å². The van der Waals surface area contributed by atoms with E-state index in [2.05, 4.69) is 20.8 Å². The summed E-state index contributed by atoms with van der Waals surface area (Å²) in [6, 6.07) is 0. The number of unbranched alkanes of at least 4 members (excludes halogenated alkanes) is 1. The molecule has 0 aliphatic rings. The van der Waals surface area contributed by atoms with Crippen LogP contribution in [0.1, 0.15) is 65.7 Å².